The largest absolute Gasteiger partial charge is 0.491 e. The minimum Gasteiger partial charge on any atom is -0.491 e. The number of para-hydroxylation sites is 2. The van der Waals surface area contributed by atoms with Crippen LogP contribution < -0.4 is 4.74 Å². The molecule has 2 aliphatic heterocycles. The van der Waals surface area contributed by atoms with Crippen LogP contribution in [0.5, 0.6) is 5.75 Å². The third-order valence-electron chi connectivity index (χ3n) is 7.21. The summed E-state index contributed by atoms with van der Waals surface area (Å²) in [6, 6.07) is 15.5. The standard InChI is InChI=1S/C28H34N2O5/c31-28(32)24-6-2-4-8-27(24)35-16-15-29-12-9-21(10-13-29)25-19-30(26-7-3-1-5-23(25)26)14-11-22-20-33-17-18-34-22/h1-8,19,21-22H,9-18,20H2,(H,31,32). The van der Waals surface area contributed by atoms with Gasteiger partial charge in [-0.3, -0.25) is 4.90 Å². The summed E-state index contributed by atoms with van der Waals surface area (Å²) in [6.07, 6.45) is 5.72. The second kappa shape index (κ2) is 11.2. The van der Waals surface area contributed by atoms with E-state index in [1.165, 1.54) is 16.5 Å². The van der Waals surface area contributed by atoms with Gasteiger partial charge in [-0.15, -0.1) is 0 Å². The fourth-order valence-corrected chi connectivity index (χ4v) is 5.29. The molecule has 3 heterocycles. The van der Waals surface area contributed by atoms with Gasteiger partial charge in [0.15, 0.2) is 0 Å². The van der Waals surface area contributed by atoms with Crippen molar-refractivity contribution in [3.05, 3.63) is 65.9 Å². The number of piperidine rings is 1. The van der Waals surface area contributed by atoms with Gasteiger partial charge in [0.1, 0.15) is 17.9 Å². The van der Waals surface area contributed by atoms with E-state index in [9.17, 15) is 9.90 Å². The number of nitrogens with zero attached hydrogens (tertiary/aromatic N) is 2. The first-order valence-corrected chi connectivity index (χ1v) is 12.6. The number of ether oxygens (including phenoxy) is 3. The normalized spacial score (nSPS) is 19.7. The molecule has 7 heteroatoms. The van der Waals surface area contributed by atoms with Gasteiger partial charge in [0.25, 0.3) is 0 Å². The van der Waals surface area contributed by atoms with Crippen molar-refractivity contribution in [1.29, 1.82) is 0 Å². The smallest absolute Gasteiger partial charge is 0.339 e. The Labute approximate surface area is 206 Å². The average Bonchev–Trinajstić information content (AvgIpc) is 3.27. The molecule has 1 aromatic heterocycles. The van der Waals surface area contributed by atoms with E-state index in [-0.39, 0.29) is 11.7 Å². The zero-order chi connectivity index (χ0) is 24.0. The first kappa shape index (κ1) is 23.9. The van der Waals surface area contributed by atoms with E-state index in [1.807, 2.05) is 0 Å². The lowest BCUT2D eigenvalue weighted by molar-refractivity contribution is -0.0916. The van der Waals surface area contributed by atoms with Crippen LogP contribution in [0, 0.1) is 0 Å². The molecule has 2 fully saturated rings. The quantitative estimate of drug-likeness (QED) is 0.491. The molecule has 1 unspecified atom stereocenters. The van der Waals surface area contributed by atoms with Crippen molar-refractivity contribution in [3.8, 4) is 5.75 Å². The Bertz CT molecular complexity index is 1130. The van der Waals surface area contributed by atoms with Crippen molar-refractivity contribution in [2.45, 2.75) is 37.8 Å². The van der Waals surface area contributed by atoms with Gasteiger partial charge in [0, 0.05) is 30.2 Å². The first-order valence-electron chi connectivity index (χ1n) is 12.6. The maximum absolute atomic E-state index is 11.4. The van der Waals surface area contributed by atoms with Crippen LogP contribution >= 0.6 is 0 Å². The SMILES string of the molecule is O=C(O)c1ccccc1OCCN1CCC(c2cn(CCC3COCCO3)c3ccccc23)CC1. The van der Waals surface area contributed by atoms with Crippen molar-refractivity contribution >= 4 is 16.9 Å². The van der Waals surface area contributed by atoms with Gasteiger partial charge in [-0.1, -0.05) is 30.3 Å². The van der Waals surface area contributed by atoms with Crippen LogP contribution in [0.25, 0.3) is 10.9 Å². The Kier molecular flexibility index (Phi) is 7.66. The van der Waals surface area contributed by atoms with E-state index in [4.69, 9.17) is 14.2 Å². The Morgan fingerprint density at radius 1 is 1.03 bits per heavy atom. The molecule has 186 valence electrons. The van der Waals surface area contributed by atoms with Gasteiger partial charge in [-0.05, 0) is 62.0 Å². The Balaban J connectivity index is 1.17. The number of carbonyl (C=O) groups is 1. The lowest BCUT2D eigenvalue weighted by Gasteiger charge is -2.31. The highest BCUT2D eigenvalue weighted by atomic mass is 16.6. The fraction of sp³-hybridized carbons (Fsp3) is 0.464. The van der Waals surface area contributed by atoms with Crippen molar-refractivity contribution in [1.82, 2.24) is 9.47 Å². The van der Waals surface area contributed by atoms with Crippen molar-refractivity contribution < 1.29 is 24.1 Å². The number of hydrogen-bond donors (Lipinski definition) is 1. The number of carboxylic acid groups (broad SMARTS) is 1. The molecule has 1 atom stereocenters. The Morgan fingerprint density at radius 3 is 2.63 bits per heavy atom. The monoisotopic (exact) mass is 478 g/mol. The summed E-state index contributed by atoms with van der Waals surface area (Å²) in [4.78, 5) is 13.8. The molecule has 2 aromatic carbocycles. The average molecular weight is 479 g/mol. The zero-order valence-electron chi connectivity index (χ0n) is 20.1. The molecule has 2 saturated heterocycles. The second-order valence-electron chi connectivity index (χ2n) is 9.42. The summed E-state index contributed by atoms with van der Waals surface area (Å²) in [6.45, 7) is 6.33. The second-order valence-corrected chi connectivity index (χ2v) is 9.42. The summed E-state index contributed by atoms with van der Waals surface area (Å²) in [5.41, 5.74) is 2.96. The molecular weight excluding hydrogens is 444 g/mol. The van der Waals surface area contributed by atoms with E-state index < -0.39 is 5.97 Å². The topological polar surface area (TPSA) is 73.2 Å². The summed E-state index contributed by atoms with van der Waals surface area (Å²) >= 11 is 0. The van der Waals surface area contributed by atoms with E-state index in [2.05, 4.69) is 39.9 Å². The lowest BCUT2D eigenvalue weighted by atomic mass is 9.89. The van der Waals surface area contributed by atoms with E-state index in [1.54, 1.807) is 24.3 Å². The number of likely N-dealkylation sites (tertiary alicyclic amines) is 1. The maximum atomic E-state index is 11.4. The molecule has 0 aliphatic carbocycles. The third kappa shape index (κ3) is 5.69. The fourth-order valence-electron chi connectivity index (χ4n) is 5.29. The van der Waals surface area contributed by atoms with Crippen LogP contribution in [-0.2, 0) is 16.0 Å². The summed E-state index contributed by atoms with van der Waals surface area (Å²) in [5, 5.41) is 10.7. The van der Waals surface area contributed by atoms with Crippen molar-refractivity contribution in [3.63, 3.8) is 0 Å². The van der Waals surface area contributed by atoms with Gasteiger partial charge >= 0.3 is 5.97 Å². The van der Waals surface area contributed by atoms with Crippen LogP contribution in [0.1, 0.15) is 41.1 Å². The molecule has 0 saturated carbocycles. The molecule has 1 N–H and O–H groups in total. The summed E-state index contributed by atoms with van der Waals surface area (Å²) < 4.78 is 19.6. The number of fused-ring (bicyclic) bond motifs is 1. The lowest BCUT2D eigenvalue weighted by Crippen LogP contribution is -2.35. The van der Waals surface area contributed by atoms with Crippen LogP contribution in [0.2, 0.25) is 0 Å². The highest BCUT2D eigenvalue weighted by Crippen LogP contribution is 2.34. The number of hydrogen-bond acceptors (Lipinski definition) is 5. The molecule has 0 amide bonds. The number of benzene rings is 2. The van der Waals surface area contributed by atoms with Crippen LogP contribution in [-0.4, -0.2) is 72.7 Å². The molecule has 0 radical (unpaired) electrons. The first-order chi connectivity index (χ1) is 17.2. The summed E-state index contributed by atoms with van der Waals surface area (Å²) in [5.74, 6) is 0.0216. The van der Waals surface area contributed by atoms with Gasteiger partial charge in [0.05, 0.1) is 25.9 Å². The third-order valence-corrected chi connectivity index (χ3v) is 7.21. The van der Waals surface area contributed by atoms with Crippen molar-refractivity contribution in [2.24, 2.45) is 0 Å². The van der Waals surface area contributed by atoms with Crippen LogP contribution in [0.4, 0.5) is 0 Å². The molecule has 3 aromatic rings. The Morgan fingerprint density at radius 2 is 1.83 bits per heavy atom. The predicted octanol–water partition coefficient (Wildman–Crippen LogP) is 4.40. The molecule has 35 heavy (non-hydrogen) atoms. The van der Waals surface area contributed by atoms with E-state index in [0.29, 0.717) is 38.1 Å². The molecule has 5 rings (SSSR count). The maximum Gasteiger partial charge on any atom is 0.339 e. The number of rotatable bonds is 9. The number of aryl methyl sites for hydroxylation is 1. The van der Waals surface area contributed by atoms with Gasteiger partial charge in [-0.25, -0.2) is 4.79 Å². The molecule has 2 aliphatic rings. The predicted molar refractivity (Wildman–Crippen MR) is 134 cm³/mol. The van der Waals surface area contributed by atoms with Gasteiger partial charge < -0.3 is 23.9 Å². The Hall–Kier alpha value is -2.87. The summed E-state index contributed by atoms with van der Waals surface area (Å²) in [7, 11) is 0. The molecule has 7 nitrogen and oxygen atoms in total. The van der Waals surface area contributed by atoms with Crippen molar-refractivity contribution in [2.75, 3.05) is 46.1 Å². The van der Waals surface area contributed by atoms with Crippen LogP contribution in [0.15, 0.2) is 54.7 Å². The molecule has 0 spiro atoms. The van der Waals surface area contributed by atoms with E-state index >= 15 is 0 Å². The van der Waals surface area contributed by atoms with Gasteiger partial charge in [0.2, 0.25) is 0 Å². The highest BCUT2D eigenvalue weighted by molar-refractivity contribution is 5.90. The van der Waals surface area contributed by atoms with Crippen LogP contribution in [0.3, 0.4) is 0 Å². The number of aromatic carboxylic acids is 1. The minimum atomic E-state index is -0.958. The molecular formula is C28H34N2O5. The molecule has 0 bridgehead atoms. The zero-order valence-corrected chi connectivity index (χ0v) is 20.1. The van der Waals surface area contributed by atoms with E-state index in [0.717, 1.165) is 45.4 Å². The highest BCUT2D eigenvalue weighted by Gasteiger charge is 2.24. The number of carboxylic acids is 1. The number of aromatic nitrogens is 1. The van der Waals surface area contributed by atoms with Gasteiger partial charge in [-0.2, -0.15) is 0 Å². The minimum absolute atomic E-state index is 0.182.